The summed E-state index contributed by atoms with van der Waals surface area (Å²) in [7, 11) is 0. The summed E-state index contributed by atoms with van der Waals surface area (Å²) < 4.78 is 0. The Morgan fingerprint density at radius 2 is 1.70 bits per heavy atom. The monoisotopic (exact) mass is 452 g/mol. The van der Waals surface area contributed by atoms with Gasteiger partial charge in [-0.25, -0.2) is 0 Å². The SMILES string of the molecule is O=C(Nc1ccc(Cl)cc1Cl)c1cc([N+](=O)[O-])cc([N+](=O)[O-])c1NC1CCCCC1. The molecule has 0 aromatic heterocycles. The van der Waals surface area contributed by atoms with Crippen molar-refractivity contribution in [1.29, 1.82) is 0 Å². The van der Waals surface area contributed by atoms with Crippen LogP contribution in [0.1, 0.15) is 42.5 Å². The highest BCUT2D eigenvalue weighted by Crippen LogP contribution is 2.36. The Kier molecular flexibility index (Phi) is 6.73. The van der Waals surface area contributed by atoms with Crippen LogP contribution in [0.3, 0.4) is 0 Å². The van der Waals surface area contributed by atoms with Gasteiger partial charge in [-0.3, -0.25) is 25.0 Å². The normalized spacial score (nSPS) is 14.2. The molecule has 1 saturated carbocycles. The fraction of sp³-hybridized carbons (Fsp3) is 0.316. The number of nitrogens with zero attached hydrogens (tertiary/aromatic N) is 2. The molecule has 11 heteroatoms. The number of nitrogens with one attached hydrogen (secondary N) is 2. The molecule has 0 atom stereocenters. The van der Waals surface area contributed by atoms with Gasteiger partial charge in [0.1, 0.15) is 5.69 Å². The second kappa shape index (κ2) is 9.27. The molecule has 1 amide bonds. The van der Waals surface area contributed by atoms with E-state index in [-0.39, 0.29) is 28.0 Å². The molecule has 0 unspecified atom stereocenters. The number of anilines is 2. The maximum Gasteiger partial charge on any atom is 0.300 e. The molecule has 1 fully saturated rings. The molecular formula is C19H18Cl2N4O5. The smallest absolute Gasteiger partial charge is 0.300 e. The summed E-state index contributed by atoms with van der Waals surface area (Å²) in [6, 6.07) is 6.23. The third-order valence-electron chi connectivity index (χ3n) is 4.89. The lowest BCUT2D eigenvalue weighted by atomic mass is 9.94. The van der Waals surface area contributed by atoms with Crippen molar-refractivity contribution in [2.45, 2.75) is 38.1 Å². The molecule has 1 aliphatic rings. The minimum absolute atomic E-state index is 0.0416. The zero-order chi connectivity index (χ0) is 21.8. The average Bonchev–Trinajstić information content (AvgIpc) is 2.70. The molecule has 0 heterocycles. The first-order valence-electron chi connectivity index (χ1n) is 9.26. The van der Waals surface area contributed by atoms with Gasteiger partial charge in [-0.2, -0.15) is 0 Å². The largest absolute Gasteiger partial charge is 0.376 e. The molecule has 3 rings (SSSR count). The van der Waals surface area contributed by atoms with Gasteiger partial charge in [0, 0.05) is 17.1 Å². The molecule has 9 nitrogen and oxygen atoms in total. The summed E-state index contributed by atoms with van der Waals surface area (Å²) >= 11 is 11.9. The highest BCUT2D eigenvalue weighted by atomic mass is 35.5. The Morgan fingerprint density at radius 3 is 2.30 bits per heavy atom. The second-order valence-electron chi connectivity index (χ2n) is 6.96. The lowest BCUT2D eigenvalue weighted by molar-refractivity contribution is -0.393. The topological polar surface area (TPSA) is 127 Å². The lowest BCUT2D eigenvalue weighted by Crippen LogP contribution is -2.25. The van der Waals surface area contributed by atoms with Crippen molar-refractivity contribution in [3.8, 4) is 0 Å². The minimum Gasteiger partial charge on any atom is -0.376 e. The number of hydrogen-bond acceptors (Lipinski definition) is 6. The minimum atomic E-state index is -0.774. The summed E-state index contributed by atoms with van der Waals surface area (Å²) in [6.45, 7) is 0. The quantitative estimate of drug-likeness (QED) is 0.420. The van der Waals surface area contributed by atoms with E-state index in [1.165, 1.54) is 18.2 Å². The predicted molar refractivity (Wildman–Crippen MR) is 115 cm³/mol. The first-order chi connectivity index (χ1) is 14.3. The Bertz CT molecular complexity index is 1010. The molecule has 0 aliphatic heterocycles. The first kappa shape index (κ1) is 21.8. The van der Waals surface area contributed by atoms with E-state index in [4.69, 9.17) is 23.2 Å². The maximum absolute atomic E-state index is 13.0. The third kappa shape index (κ3) is 4.98. The molecular weight excluding hydrogens is 435 g/mol. The zero-order valence-corrected chi connectivity index (χ0v) is 17.2. The lowest BCUT2D eigenvalue weighted by Gasteiger charge is -2.24. The number of hydrogen-bond donors (Lipinski definition) is 2. The van der Waals surface area contributed by atoms with Gasteiger partial charge in [-0.15, -0.1) is 0 Å². The van der Waals surface area contributed by atoms with E-state index in [9.17, 15) is 25.0 Å². The number of nitro benzene ring substituents is 2. The molecule has 2 aromatic rings. The van der Waals surface area contributed by atoms with Crippen molar-refractivity contribution in [2.24, 2.45) is 0 Å². The number of carbonyl (C=O) groups excluding carboxylic acids is 1. The van der Waals surface area contributed by atoms with Gasteiger partial charge in [0.2, 0.25) is 0 Å². The van der Waals surface area contributed by atoms with E-state index in [1.54, 1.807) is 0 Å². The number of amides is 1. The number of nitro groups is 2. The van der Waals surface area contributed by atoms with E-state index in [1.807, 2.05) is 0 Å². The molecule has 0 radical (unpaired) electrons. The van der Waals surface area contributed by atoms with Gasteiger partial charge in [0.15, 0.2) is 0 Å². The van der Waals surface area contributed by atoms with Crippen molar-refractivity contribution in [2.75, 3.05) is 10.6 Å². The number of non-ortho nitro benzene ring substituents is 1. The average molecular weight is 453 g/mol. The van der Waals surface area contributed by atoms with E-state index in [2.05, 4.69) is 10.6 Å². The molecule has 0 spiro atoms. The fourth-order valence-electron chi connectivity index (χ4n) is 3.42. The number of carbonyl (C=O) groups is 1. The van der Waals surface area contributed by atoms with Crippen LogP contribution in [0.2, 0.25) is 10.0 Å². The summed E-state index contributed by atoms with van der Waals surface area (Å²) in [5, 5.41) is 29.1. The summed E-state index contributed by atoms with van der Waals surface area (Å²) in [5.41, 5.74) is -1.10. The Balaban J connectivity index is 2.05. The number of rotatable bonds is 6. The van der Waals surface area contributed by atoms with E-state index < -0.39 is 27.1 Å². The van der Waals surface area contributed by atoms with Crippen LogP contribution in [0.4, 0.5) is 22.7 Å². The Morgan fingerprint density at radius 1 is 1.00 bits per heavy atom. The molecule has 2 aromatic carbocycles. The van der Waals surface area contributed by atoms with Crippen molar-refractivity contribution in [3.05, 3.63) is 66.2 Å². The highest BCUT2D eigenvalue weighted by Gasteiger charge is 2.29. The second-order valence-corrected chi connectivity index (χ2v) is 7.80. The third-order valence-corrected chi connectivity index (χ3v) is 5.44. The van der Waals surface area contributed by atoms with E-state index >= 15 is 0 Å². The van der Waals surface area contributed by atoms with Crippen molar-refractivity contribution in [1.82, 2.24) is 0 Å². The standard InChI is InChI=1S/C19H18Cl2N4O5/c20-11-6-7-16(15(21)8-11)23-19(26)14-9-13(24(27)28)10-17(25(29)30)18(14)22-12-4-2-1-3-5-12/h6-10,12,22H,1-5H2,(H,23,26). The van der Waals surface area contributed by atoms with Crippen LogP contribution in [0, 0.1) is 20.2 Å². The van der Waals surface area contributed by atoms with E-state index in [0.717, 1.165) is 44.2 Å². The molecule has 2 N–H and O–H groups in total. The summed E-state index contributed by atoms with van der Waals surface area (Å²) in [6.07, 6.45) is 4.57. The van der Waals surface area contributed by atoms with Crippen LogP contribution in [-0.4, -0.2) is 21.8 Å². The van der Waals surface area contributed by atoms with Gasteiger partial charge in [-0.1, -0.05) is 42.5 Å². The van der Waals surface area contributed by atoms with Gasteiger partial charge in [-0.05, 0) is 31.0 Å². The molecule has 0 bridgehead atoms. The fourth-order valence-corrected chi connectivity index (χ4v) is 3.88. The molecule has 158 valence electrons. The predicted octanol–water partition coefficient (Wildman–Crippen LogP) is 5.81. The molecule has 0 saturated heterocycles. The van der Waals surface area contributed by atoms with Gasteiger partial charge in [0.25, 0.3) is 17.3 Å². The zero-order valence-electron chi connectivity index (χ0n) is 15.7. The van der Waals surface area contributed by atoms with Gasteiger partial charge < -0.3 is 10.6 Å². The summed E-state index contributed by atoms with van der Waals surface area (Å²) in [5.74, 6) is -0.760. The number of benzene rings is 2. The van der Waals surface area contributed by atoms with Crippen molar-refractivity contribution >= 4 is 51.9 Å². The van der Waals surface area contributed by atoms with Crippen LogP contribution in [0.25, 0.3) is 0 Å². The first-order valence-corrected chi connectivity index (χ1v) is 10.0. The van der Waals surface area contributed by atoms with Crippen LogP contribution < -0.4 is 10.6 Å². The highest BCUT2D eigenvalue weighted by molar-refractivity contribution is 6.36. The van der Waals surface area contributed by atoms with Crippen LogP contribution in [0.15, 0.2) is 30.3 Å². The van der Waals surface area contributed by atoms with Gasteiger partial charge in [0.05, 0.1) is 32.2 Å². The van der Waals surface area contributed by atoms with Crippen LogP contribution >= 0.6 is 23.2 Å². The Labute approximate surface area is 181 Å². The van der Waals surface area contributed by atoms with E-state index in [0.29, 0.717) is 5.02 Å². The van der Waals surface area contributed by atoms with Crippen molar-refractivity contribution < 1.29 is 14.6 Å². The number of halogens is 2. The summed E-state index contributed by atoms with van der Waals surface area (Å²) in [4.78, 5) is 34.4. The van der Waals surface area contributed by atoms with Crippen molar-refractivity contribution in [3.63, 3.8) is 0 Å². The van der Waals surface area contributed by atoms with Gasteiger partial charge >= 0.3 is 0 Å². The maximum atomic E-state index is 13.0. The Hall–Kier alpha value is -2.91. The van der Waals surface area contributed by atoms with Crippen LogP contribution in [0.5, 0.6) is 0 Å². The van der Waals surface area contributed by atoms with Crippen LogP contribution in [-0.2, 0) is 0 Å². The molecule has 1 aliphatic carbocycles. The molecule has 30 heavy (non-hydrogen) atoms.